The summed E-state index contributed by atoms with van der Waals surface area (Å²) in [4.78, 5) is 20.4. The van der Waals surface area contributed by atoms with Crippen molar-refractivity contribution in [3.63, 3.8) is 0 Å². The molecule has 7 nitrogen and oxygen atoms in total. The lowest BCUT2D eigenvalue weighted by atomic mass is 10.1. The molecule has 2 unspecified atom stereocenters. The van der Waals surface area contributed by atoms with E-state index < -0.39 is 16.1 Å². The number of thiophene rings is 1. The molecule has 0 saturated carbocycles. The standard InChI is InChI=1S/C23H26ClN3O4S3/c1-14-11-17-19(12-15(14)2)32-23(25-17)26(13-16-5-4-10-31-16)22(28)18-6-3-9-27(18)34(29,30)21-8-7-20(24)33-21/h7-8,11-12,16,18H,3-6,9-10,13H2,1-2H3. The molecule has 1 amide bonds. The molecular formula is C23H26ClN3O4S3. The van der Waals surface area contributed by atoms with Crippen LogP contribution in [0.1, 0.15) is 36.8 Å². The summed E-state index contributed by atoms with van der Waals surface area (Å²) in [6, 6.07) is 6.42. The largest absolute Gasteiger partial charge is 0.376 e. The number of hydrogen-bond acceptors (Lipinski definition) is 7. The number of thiazole rings is 1. The van der Waals surface area contributed by atoms with E-state index in [1.54, 1.807) is 11.0 Å². The lowest BCUT2D eigenvalue weighted by molar-refractivity contribution is -0.122. The fourth-order valence-corrected chi connectivity index (χ4v) is 8.87. The smallest absolute Gasteiger partial charge is 0.253 e. The monoisotopic (exact) mass is 539 g/mol. The van der Waals surface area contributed by atoms with E-state index in [0.29, 0.717) is 42.0 Å². The molecule has 0 radical (unpaired) electrons. The van der Waals surface area contributed by atoms with Crippen LogP contribution in [0.2, 0.25) is 4.34 Å². The van der Waals surface area contributed by atoms with Crippen LogP contribution in [0.25, 0.3) is 10.2 Å². The number of carbonyl (C=O) groups is 1. The molecule has 2 aliphatic rings. The fourth-order valence-electron chi connectivity index (χ4n) is 4.54. The summed E-state index contributed by atoms with van der Waals surface area (Å²) in [6.45, 7) is 5.45. The third-order valence-electron chi connectivity index (χ3n) is 6.50. The average molecular weight is 540 g/mol. The predicted molar refractivity (Wildman–Crippen MR) is 137 cm³/mol. The van der Waals surface area contributed by atoms with Crippen molar-refractivity contribution in [3.8, 4) is 0 Å². The second kappa shape index (κ2) is 9.48. The van der Waals surface area contributed by atoms with Gasteiger partial charge >= 0.3 is 0 Å². The lowest BCUT2D eigenvalue weighted by Gasteiger charge is -2.29. The molecule has 0 spiro atoms. The molecule has 2 aliphatic heterocycles. The number of benzene rings is 1. The van der Waals surface area contributed by atoms with Crippen LogP contribution in [-0.2, 0) is 19.6 Å². The Labute approximate surface area is 212 Å². The van der Waals surface area contributed by atoms with Crippen molar-refractivity contribution < 1.29 is 17.9 Å². The van der Waals surface area contributed by atoms with Crippen molar-refractivity contribution in [2.75, 3.05) is 24.6 Å². The van der Waals surface area contributed by atoms with Crippen LogP contribution in [0.5, 0.6) is 0 Å². The number of ether oxygens (including phenoxy) is 1. The number of halogens is 1. The minimum atomic E-state index is -3.82. The van der Waals surface area contributed by atoms with Gasteiger partial charge in [0.2, 0.25) is 5.91 Å². The Morgan fingerprint density at radius 1 is 1.21 bits per heavy atom. The molecule has 2 fully saturated rings. The number of nitrogens with zero attached hydrogens (tertiary/aromatic N) is 3. The van der Waals surface area contributed by atoms with E-state index in [9.17, 15) is 13.2 Å². The lowest BCUT2D eigenvalue weighted by Crippen LogP contribution is -2.49. The van der Waals surface area contributed by atoms with E-state index in [0.717, 1.165) is 40.0 Å². The molecule has 182 valence electrons. The van der Waals surface area contributed by atoms with Gasteiger partial charge in [0.05, 0.1) is 27.2 Å². The van der Waals surface area contributed by atoms with E-state index in [2.05, 4.69) is 13.0 Å². The van der Waals surface area contributed by atoms with Gasteiger partial charge in [-0.3, -0.25) is 9.69 Å². The molecule has 2 aromatic heterocycles. The van der Waals surface area contributed by atoms with Crippen molar-refractivity contribution in [3.05, 3.63) is 39.7 Å². The van der Waals surface area contributed by atoms with Crippen molar-refractivity contribution in [1.82, 2.24) is 9.29 Å². The van der Waals surface area contributed by atoms with Gasteiger partial charge in [-0.15, -0.1) is 11.3 Å². The Morgan fingerprint density at radius 2 is 2.00 bits per heavy atom. The van der Waals surface area contributed by atoms with Gasteiger partial charge in [0.15, 0.2) is 5.13 Å². The number of rotatable bonds is 6. The average Bonchev–Trinajstić information content (AvgIpc) is 3.58. The quantitative estimate of drug-likeness (QED) is 0.440. The van der Waals surface area contributed by atoms with Gasteiger partial charge in [0.1, 0.15) is 10.3 Å². The van der Waals surface area contributed by atoms with E-state index >= 15 is 0 Å². The van der Waals surface area contributed by atoms with Gasteiger partial charge in [-0.25, -0.2) is 13.4 Å². The van der Waals surface area contributed by atoms with Crippen LogP contribution in [0.15, 0.2) is 28.5 Å². The second-order valence-corrected chi connectivity index (χ2v) is 13.7. The molecule has 2 saturated heterocycles. The Hall–Kier alpha value is -1.56. The van der Waals surface area contributed by atoms with E-state index in [-0.39, 0.29) is 16.2 Å². The topological polar surface area (TPSA) is 79.8 Å². The molecular weight excluding hydrogens is 514 g/mol. The Balaban J connectivity index is 1.50. The zero-order chi connectivity index (χ0) is 24.0. The highest BCUT2D eigenvalue weighted by molar-refractivity contribution is 7.91. The Morgan fingerprint density at radius 3 is 2.71 bits per heavy atom. The van der Waals surface area contributed by atoms with Crippen LogP contribution in [0.3, 0.4) is 0 Å². The number of hydrogen-bond donors (Lipinski definition) is 0. The molecule has 34 heavy (non-hydrogen) atoms. The zero-order valence-corrected chi connectivity index (χ0v) is 22.2. The number of fused-ring (bicyclic) bond motifs is 1. The first-order valence-electron chi connectivity index (χ1n) is 11.3. The van der Waals surface area contributed by atoms with Gasteiger partial charge in [-0.05, 0) is 74.9 Å². The van der Waals surface area contributed by atoms with Crippen LogP contribution in [-0.4, -0.2) is 55.5 Å². The van der Waals surface area contributed by atoms with Crippen molar-refractivity contribution in [2.24, 2.45) is 0 Å². The summed E-state index contributed by atoms with van der Waals surface area (Å²) in [5.41, 5.74) is 3.16. The van der Waals surface area contributed by atoms with E-state index in [4.69, 9.17) is 21.3 Å². The van der Waals surface area contributed by atoms with E-state index in [1.807, 2.05) is 13.0 Å². The summed E-state index contributed by atoms with van der Waals surface area (Å²) in [5, 5.41) is 0.587. The second-order valence-electron chi connectivity index (χ2n) is 8.82. The number of anilines is 1. The third-order valence-corrected chi connectivity index (χ3v) is 11.1. The summed E-state index contributed by atoms with van der Waals surface area (Å²) in [5.74, 6) is -0.244. The maximum atomic E-state index is 13.9. The number of aryl methyl sites for hydroxylation is 2. The summed E-state index contributed by atoms with van der Waals surface area (Å²) < 4.78 is 35.4. The van der Waals surface area contributed by atoms with Gasteiger partial charge in [0.25, 0.3) is 10.0 Å². The minimum Gasteiger partial charge on any atom is -0.376 e. The van der Waals surface area contributed by atoms with Crippen molar-refractivity contribution in [2.45, 2.75) is 55.9 Å². The summed E-state index contributed by atoms with van der Waals surface area (Å²) in [6.07, 6.45) is 2.84. The summed E-state index contributed by atoms with van der Waals surface area (Å²) >= 11 is 8.47. The molecule has 4 heterocycles. The van der Waals surface area contributed by atoms with Crippen LogP contribution < -0.4 is 4.90 Å². The first kappa shape index (κ1) is 24.1. The fraction of sp³-hybridized carbons (Fsp3) is 0.478. The predicted octanol–water partition coefficient (Wildman–Crippen LogP) is 4.99. The number of amides is 1. The third kappa shape index (κ3) is 4.52. The van der Waals surface area contributed by atoms with Gasteiger partial charge in [0, 0.05) is 13.2 Å². The Bertz CT molecular complexity index is 1290. The SMILES string of the molecule is Cc1cc2nc(N(CC3CCCO3)C(=O)C3CCCN3S(=O)(=O)c3ccc(Cl)s3)sc2cc1C. The number of carbonyl (C=O) groups excluding carboxylic acids is 1. The van der Waals surface area contributed by atoms with Crippen LogP contribution in [0.4, 0.5) is 5.13 Å². The van der Waals surface area contributed by atoms with Gasteiger partial charge < -0.3 is 4.74 Å². The van der Waals surface area contributed by atoms with E-state index in [1.165, 1.54) is 27.3 Å². The van der Waals surface area contributed by atoms with Gasteiger partial charge in [-0.1, -0.05) is 22.9 Å². The van der Waals surface area contributed by atoms with Crippen LogP contribution in [0, 0.1) is 13.8 Å². The maximum absolute atomic E-state index is 13.9. The molecule has 5 rings (SSSR count). The summed E-state index contributed by atoms with van der Waals surface area (Å²) in [7, 11) is -3.82. The maximum Gasteiger partial charge on any atom is 0.253 e. The first-order valence-corrected chi connectivity index (χ1v) is 14.8. The molecule has 0 aliphatic carbocycles. The Kier molecular flexibility index (Phi) is 6.73. The van der Waals surface area contributed by atoms with Crippen molar-refractivity contribution >= 4 is 65.6 Å². The molecule has 1 aromatic carbocycles. The highest BCUT2D eigenvalue weighted by atomic mass is 35.5. The van der Waals surface area contributed by atoms with Crippen LogP contribution >= 0.6 is 34.3 Å². The molecule has 3 aromatic rings. The highest BCUT2D eigenvalue weighted by Crippen LogP contribution is 2.36. The highest BCUT2D eigenvalue weighted by Gasteiger charge is 2.43. The van der Waals surface area contributed by atoms with Gasteiger partial charge in [-0.2, -0.15) is 4.31 Å². The zero-order valence-electron chi connectivity index (χ0n) is 19.0. The normalized spacial score (nSPS) is 21.5. The van der Waals surface area contributed by atoms with Crippen molar-refractivity contribution in [1.29, 1.82) is 0 Å². The molecule has 11 heteroatoms. The molecule has 0 N–H and O–H groups in total. The number of sulfonamides is 1. The molecule has 0 bridgehead atoms. The molecule has 2 atom stereocenters. The minimum absolute atomic E-state index is 0.0815. The number of aromatic nitrogens is 1. The first-order chi connectivity index (χ1) is 16.2.